The molecule has 0 aromatic heterocycles. The normalized spacial score (nSPS) is 21.9. The first-order valence-electron chi connectivity index (χ1n) is 7.06. The molecule has 0 saturated carbocycles. The molecule has 1 aliphatic carbocycles. The quantitative estimate of drug-likeness (QED) is 0.788. The third-order valence-corrected chi connectivity index (χ3v) is 4.15. The Hall–Kier alpha value is -0.960. The molecular weight excluding hydrogens is 244 g/mol. The van der Waals surface area contributed by atoms with Crippen molar-refractivity contribution < 1.29 is 8.78 Å². The lowest BCUT2D eigenvalue weighted by Crippen LogP contribution is -2.26. The fraction of sp³-hybridized carbons (Fsp3) is 0.625. The first kappa shape index (κ1) is 14.4. The number of hydrogen-bond donors (Lipinski definition) is 1. The highest BCUT2D eigenvalue weighted by Gasteiger charge is 2.33. The molecule has 1 unspecified atom stereocenters. The van der Waals surface area contributed by atoms with Gasteiger partial charge in [-0.05, 0) is 55.3 Å². The Bertz CT molecular complexity index is 480. The molecule has 1 aliphatic rings. The van der Waals surface area contributed by atoms with Gasteiger partial charge in [-0.25, -0.2) is 8.78 Å². The monoisotopic (exact) mass is 267 g/mol. The van der Waals surface area contributed by atoms with E-state index in [9.17, 15) is 8.78 Å². The van der Waals surface area contributed by atoms with Crippen molar-refractivity contribution in [2.45, 2.75) is 53.0 Å². The van der Waals surface area contributed by atoms with Gasteiger partial charge in [0, 0.05) is 11.6 Å². The van der Waals surface area contributed by atoms with E-state index in [0.29, 0.717) is 23.1 Å². The zero-order valence-electron chi connectivity index (χ0n) is 12.2. The average molecular weight is 267 g/mol. The molecule has 0 saturated heterocycles. The summed E-state index contributed by atoms with van der Waals surface area (Å²) in [6.07, 6.45) is 2.35. The molecule has 106 valence electrons. The Kier molecular flexibility index (Phi) is 3.95. The molecule has 0 fully saturated rings. The molecule has 1 aromatic rings. The minimum absolute atomic E-state index is 0.0908. The fourth-order valence-corrected chi connectivity index (χ4v) is 3.07. The number of hydrogen-bond acceptors (Lipinski definition) is 1. The van der Waals surface area contributed by atoms with Gasteiger partial charge in [-0.1, -0.05) is 20.8 Å². The molecular formula is C16H23F2N. The van der Waals surface area contributed by atoms with Crippen LogP contribution in [0, 0.1) is 24.0 Å². The predicted octanol–water partition coefficient (Wildman–Crippen LogP) is 4.29. The summed E-state index contributed by atoms with van der Waals surface area (Å²) in [6, 6.07) is 1.24. The van der Waals surface area contributed by atoms with Gasteiger partial charge >= 0.3 is 0 Å². The summed E-state index contributed by atoms with van der Waals surface area (Å²) in [5, 5.41) is 3.32. The lowest BCUT2D eigenvalue weighted by Gasteiger charge is -2.27. The van der Waals surface area contributed by atoms with Crippen LogP contribution in [0.15, 0.2) is 6.07 Å². The van der Waals surface area contributed by atoms with E-state index in [4.69, 9.17) is 0 Å². The SMILES string of the molecule is CCNC1CC(C)(C)CCc2c(F)cc(C)c(F)c21. The van der Waals surface area contributed by atoms with Crippen LogP contribution in [0.4, 0.5) is 8.78 Å². The number of aryl methyl sites for hydroxylation is 1. The van der Waals surface area contributed by atoms with Crippen LogP contribution in [0.5, 0.6) is 0 Å². The van der Waals surface area contributed by atoms with Gasteiger partial charge in [0.05, 0.1) is 0 Å². The van der Waals surface area contributed by atoms with Gasteiger partial charge in [0.25, 0.3) is 0 Å². The maximum absolute atomic E-state index is 14.5. The van der Waals surface area contributed by atoms with Crippen molar-refractivity contribution >= 4 is 0 Å². The molecule has 0 heterocycles. The summed E-state index contributed by atoms with van der Waals surface area (Å²) in [6.45, 7) is 8.74. The summed E-state index contributed by atoms with van der Waals surface area (Å²) in [5.74, 6) is -0.491. The molecule has 0 bridgehead atoms. The second-order valence-corrected chi connectivity index (χ2v) is 6.36. The van der Waals surface area contributed by atoms with Gasteiger partial charge in [0.15, 0.2) is 0 Å². The Morgan fingerprint density at radius 1 is 1.37 bits per heavy atom. The van der Waals surface area contributed by atoms with Gasteiger partial charge in [0.2, 0.25) is 0 Å². The lowest BCUT2D eigenvalue weighted by atomic mass is 9.83. The van der Waals surface area contributed by atoms with E-state index >= 15 is 0 Å². The number of fused-ring (bicyclic) bond motifs is 1. The van der Waals surface area contributed by atoms with E-state index in [1.54, 1.807) is 6.92 Å². The molecule has 0 amide bonds. The first-order valence-corrected chi connectivity index (χ1v) is 7.06. The standard InChI is InChI=1S/C16H23F2N/c1-5-19-13-9-16(3,4)7-6-11-12(17)8-10(2)15(18)14(11)13/h8,13,19H,5-7,9H2,1-4H3. The van der Waals surface area contributed by atoms with Crippen LogP contribution in [-0.2, 0) is 6.42 Å². The van der Waals surface area contributed by atoms with Crippen LogP contribution in [0.1, 0.15) is 56.3 Å². The van der Waals surface area contributed by atoms with Crippen molar-refractivity contribution in [3.05, 3.63) is 34.4 Å². The van der Waals surface area contributed by atoms with Gasteiger partial charge in [-0.15, -0.1) is 0 Å². The van der Waals surface area contributed by atoms with Crippen LogP contribution in [0.3, 0.4) is 0 Å². The molecule has 1 nitrogen and oxygen atoms in total. The minimum atomic E-state index is -0.255. The third-order valence-electron chi connectivity index (χ3n) is 4.15. The van der Waals surface area contributed by atoms with Crippen molar-refractivity contribution in [2.75, 3.05) is 6.54 Å². The number of halogens is 2. The highest BCUT2D eigenvalue weighted by Crippen LogP contribution is 2.41. The van der Waals surface area contributed by atoms with Crippen LogP contribution >= 0.6 is 0 Å². The van der Waals surface area contributed by atoms with E-state index in [-0.39, 0.29) is 23.1 Å². The summed E-state index contributed by atoms with van der Waals surface area (Å²) in [7, 11) is 0. The van der Waals surface area contributed by atoms with E-state index in [1.807, 2.05) is 6.92 Å². The predicted molar refractivity (Wildman–Crippen MR) is 74.2 cm³/mol. The van der Waals surface area contributed by atoms with Crippen LogP contribution in [0.25, 0.3) is 0 Å². The number of benzene rings is 1. The minimum Gasteiger partial charge on any atom is -0.310 e. The maximum Gasteiger partial charge on any atom is 0.131 e. The highest BCUT2D eigenvalue weighted by atomic mass is 19.1. The Labute approximate surface area is 114 Å². The summed E-state index contributed by atoms with van der Waals surface area (Å²) in [5.41, 5.74) is 1.63. The van der Waals surface area contributed by atoms with Crippen LogP contribution < -0.4 is 5.32 Å². The number of nitrogens with one attached hydrogen (secondary N) is 1. The van der Waals surface area contributed by atoms with Gasteiger partial charge < -0.3 is 5.32 Å². The van der Waals surface area contributed by atoms with Crippen molar-refractivity contribution in [2.24, 2.45) is 5.41 Å². The van der Waals surface area contributed by atoms with E-state index in [1.165, 1.54) is 6.07 Å². The topological polar surface area (TPSA) is 12.0 Å². The van der Waals surface area contributed by atoms with Gasteiger partial charge in [-0.3, -0.25) is 0 Å². The molecule has 3 heteroatoms. The fourth-order valence-electron chi connectivity index (χ4n) is 3.07. The summed E-state index contributed by atoms with van der Waals surface area (Å²) < 4.78 is 28.6. The molecule has 2 rings (SSSR count). The van der Waals surface area contributed by atoms with Crippen LogP contribution in [0.2, 0.25) is 0 Å². The third kappa shape index (κ3) is 2.81. The van der Waals surface area contributed by atoms with Crippen molar-refractivity contribution in [1.29, 1.82) is 0 Å². The summed E-state index contributed by atoms with van der Waals surface area (Å²) in [4.78, 5) is 0. The van der Waals surface area contributed by atoms with Crippen molar-refractivity contribution in [3.8, 4) is 0 Å². The zero-order chi connectivity index (χ0) is 14.2. The van der Waals surface area contributed by atoms with Gasteiger partial charge in [0.1, 0.15) is 11.6 Å². The first-order chi connectivity index (χ1) is 8.85. The Balaban J connectivity index is 2.57. The number of rotatable bonds is 2. The molecule has 1 N–H and O–H groups in total. The highest BCUT2D eigenvalue weighted by molar-refractivity contribution is 5.38. The molecule has 0 aliphatic heterocycles. The van der Waals surface area contributed by atoms with Gasteiger partial charge in [-0.2, -0.15) is 0 Å². The average Bonchev–Trinajstić information content (AvgIpc) is 2.43. The van der Waals surface area contributed by atoms with E-state index in [0.717, 1.165) is 19.4 Å². The van der Waals surface area contributed by atoms with Crippen LogP contribution in [-0.4, -0.2) is 6.54 Å². The van der Waals surface area contributed by atoms with E-state index < -0.39 is 0 Å². The second kappa shape index (κ2) is 5.20. The maximum atomic E-state index is 14.5. The van der Waals surface area contributed by atoms with E-state index in [2.05, 4.69) is 19.2 Å². The Morgan fingerprint density at radius 2 is 2.05 bits per heavy atom. The molecule has 0 radical (unpaired) electrons. The molecule has 1 atom stereocenters. The molecule has 19 heavy (non-hydrogen) atoms. The smallest absolute Gasteiger partial charge is 0.131 e. The van der Waals surface area contributed by atoms with Crippen molar-refractivity contribution in [3.63, 3.8) is 0 Å². The lowest BCUT2D eigenvalue weighted by molar-refractivity contribution is 0.273. The Morgan fingerprint density at radius 3 is 2.68 bits per heavy atom. The van der Waals surface area contributed by atoms with Crippen molar-refractivity contribution in [1.82, 2.24) is 5.32 Å². The largest absolute Gasteiger partial charge is 0.310 e. The molecule has 0 spiro atoms. The molecule has 1 aromatic carbocycles. The zero-order valence-corrected chi connectivity index (χ0v) is 12.2. The summed E-state index contributed by atoms with van der Waals surface area (Å²) >= 11 is 0. The second-order valence-electron chi connectivity index (χ2n) is 6.36.